The molecule has 2 aromatic carbocycles. The lowest BCUT2D eigenvalue weighted by molar-refractivity contribution is -0.112. The van der Waals surface area contributed by atoms with E-state index >= 15 is 0 Å². The maximum absolute atomic E-state index is 12.0. The summed E-state index contributed by atoms with van der Waals surface area (Å²) < 4.78 is 16.0. The van der Waals surface area contributed by atoms with Crippen LogP contribution in [-0.2, 0) is 4.79 Å². The summed E-state index contributed by atoms with van der Waals surface area (Å²) in [6.07, 6.45) is 2.98. The summed E-state index contributed by atoms with van der Waals surface area (Å²) >= 11 is 11.9. The summed E-state index contributed by atoms with van der Waals surface area (Å²) in [5.41, 5.74) is 1.34. The van der Waals surface area contributed by atoms with Crippen molar-refractivity contribution < 1.29 is 18.7 Å². The molecule has 9 heteroatoms. The first kappa shape index (κ1) is 17.4. The predicted molar refractivity (Wildman–Crippen MR) is 100.0 cm³/mol. The second-order valence-electron chi connectivity index (χ2n) is 5.51. The lowest BCUT2D eigenvalue weighted by Gasteiger charge is -1.98. The minimum Gasteiger partial charge on any atom is -0.454 e. The fraction of sp³-hybridized carbons (Fsp3) is 0.0556. The molecule has 0 aliphatic carbocycles. The standard InChI is InChI=1S/C18H11Cl2N3O4/c19-12-6-11(7-13(20)8-12)17-22-23-18(27-17)21-16(24)4-2-10-1-3-14-15(5-10)26-9-25-14/h1-8H,9H2,(H,21,23,24)/b4-2+. The van der Waals surface area contributed by atoms with Crippen LogP contribution >= 0.6 is 23.2 Å². The van der Waals surface area contributed by atoms with Gasteiger partial charge >= 0.3 is 6.01 Å². The van der Waals surface area contributed by atoms with Crippen molar-refractivity contribution in [3.05, 3.63) is 58.1 Å². The van der Waals surface area contributed by atoms with Crippen LogP contribution in [0.3, 0.4) is 0 Å². The van der Waals surface area contributed by atoms with E-state index in [4.69, 9.17) is 37.1 Å². The van der Waals surface area contributed by atoms with E-state index in [-0.39, 0.29) is 18.7 Å². The van der Waals surface area contributed by atoms with Crippen LogP contribution in [0.15, 0.2) is 46.9 Å². The van der Waals surface area contributed by atoms with E-state index < -0.39 is 5.91 Å². The molecule has 1 aliphatic heterocycles. The van der Waals surface area contributed by atoms with Crippen molar-refractivity contribution in [1.29, 1.82) is 0 Å². The molecule has 7 nitrogen and oxygen atoms in total. The van der Waals surface area contributed by atoms with E-state index in [2.05, 4.69) is 15.5 Å². The van der Waals surface area contributed by atoms with Crippen molar-refractivity contribution in [2.45, 2.75) is 0 Å². The van der Waals surface area contributed by atoms with Gasteiger partial charge in [0.1, 0.15) is 0 Å². The van der Waals surface area contributed by atoms with Crippen molar-refractivity contribution in [1.82, 2.24) is 10.2 Å². The third-order valence-corrected chi connectivity index (χ3v) is 4.02. The van der Waals surface area contributed by atoms with E-state index in [0.717, 1.165) is 5.56 Å². The smallest absolute Gasteiger partial charge is 0.322 e. The number of fused-ring (bicyclic) bond motifs is 1. The topological polar surface area (TPSA) is 86.5 Å². The lowest BCUT2D eigenvalue weighted by Crippen LogP contribution is -2.07. The fourth-order valence-corrected chi connectivity index (χ4v) is 2.93. The molecule has 0 bridgehead atoms. The van der Waals surface area contributed by atoms with Gasteiger partial charge in [-0.3, -0.25) is 10.1 Å². The maximum atomic E-state index is 12.0. The fourth-order valence-electron chi connectivity index (χ4n) is 2.40. The molecule has 1 aromatic heterocycles. The van der Waals surface area contributed by atoms with Crippen molar-refractivity contribution in [3.63, 3.8) is 0 Å². The number of nitrogens with zero attached hydrogens (tertiary/aromatic N) is 2. The minimum absolute atomic E-state index is 0.0403. The quantitative estimate of drug-likeness (QED) is 0.648. The summed E-state index contributed by atoms with van der Waals surface area (Å²) in [6.45, 7) is 0.195. The lowest BCUT2D eigenvalue weighted by atomic mass is 10.2. The van der Waals surface area contributed by atoms with Crippen molar-refractivity contribution >= 4 is 41.2 Å². The summed E-state index contributed by atoms with van der Waals surface area (Å²) in [7, 11) is 0. The molecule has 1 amide bonds. The second-order valence-corrected chi connectivity index (χ2v) is 6.38. The molecule has 4 rings (SSSR count). The van der Waals surface area contributed by atoms with Crippen LogP contribution in [0.4, 0.5) is 6.01 Å². The number of halogens is 2. The van der Waals surface area contributed by atoms with Gasteiger partial charge in [0.25, 0.3) is 5.91 Å². The first-order valence-corrected chi connectivity index (χ1v) is 8.51. The van der Waals surface area contributed by atoms with Gasteiger partial charge in [-0.2, -0.15) is 0 Å². The average molecular weight is 404 g/mol. The molecular formula is C18H11Cl2N3O4. The Kier molecular flexibility index (Phi) is 4.70. The highest BCUT2D eigenvalue weighted by Gasteiger charge is 2.13. The van der Waals surface area contributed by atoms with Gasteiger partial charge in [-0.15, -0.1) is 5.10 Å². The molecule has 0 unspecified atom stereocenters. The van der Waals surface area contributed by atoms with E-state index in [1.165, 1.54) is 6.08 Å². The normalized spacial score (nSPS) is 12.5. The third kappa shape index (κ3) is 4.05. The Bertz CT molecular complexity index is 1030. The van der Waals surface area contributed by atoms with Crippen molar-refractivity contribution in [2.24, 2.45) is 0 Å². The van der Waals surface area contributed by atoms with Crippen LogP contribution in [0, 0.1) is 0 Å². The van der Waals surface area contributed by atoms with Crippen LogP contribution in [0.5, 0.6) is 11.5 Å². The summed E-state index contributed by atoms with van der Waals surface area (Å²) in [5, 5.41) is 11.0. The number of hydrogen-bond donors (Lipinski definition) is 1. The second kappa shape index (κ2) is 7.30. The van der Waals surface area contributed by atoms with Gasteiger partial charge in [0, 0.05) is 21.7 Å². The van der Waals surface area contributed by atoms with Crippen LogP contribution in [0.25, 0.3) is 17.5 Å². The Morgan fingerprint density at radius 2 is 1.81 bits per heavy atom. The number of carbonyl (C=O) groups is 1. The molecule has 0 atom stereocenters. The maximum Gasteiger partial charge on any atom is 0.322 e. The van der Waals surface area contributed by atoms with Crippen molar-refractivity contribution in [2.75, 3.05) is 12.1 Å². The predicted octanol–water partition coefficient (Wildman–Crippen LogP) is 4.42. The Morgan fingerprint density at radius 3 is 2.63 bits per heavy atom. The molecule has 2 heterocycles. The molecule has 0 spiro atoms. The molecule has 0 saturated carbocycles. The number of nitrogens with one attached hydrogen (secondary N) is 1. The molecule has 3 aromatic rings. The first-order valence-electron chi connectivity index (χ1n) is 7.75. The highest BCUT2D eigenvalue weighted by atomic mass is 35.5. The van der Waals surface area contributed by atoms with Gasteiger partial charge in [0.05, 0.1) is 0 Å². The van der Waals surface area contributed by atoms with Gasteiger partial charge in [0.2, 0.25) is 12.7 Å². The molecule has 1 aliphatic rings. The Balaban J connectivity index is 1.43. The Labute approximate surface area is 163 Å². The number of aromatic nitrogens is 2. The minimum atomic E-state index is -0.424. The Morgan fingerprint density at radius 1 is 1.04 bits per heavy atom. The number of amides is 1. The van der Waals surface area contributed by atoms with Gasteiger partial charge in [-0.1, -0.05) is 34.4 Å². The number of hydrogen-bond acceptors (Lipinski definition) is 6. The van der Waals surface area contributed by atoms with Crippen molar-refractivity contribution in [3.8, 4) is 23.0 Å². The van der Waals surface area contributed by atoms with Crippen LogP contribution in [0.2, 0.25) is 10.0 Å². The largest absolute Gasteiger partial charge is 0.454 e. The number of anilines is 1. The monoisotopic (exact) mass is 403 g/mol. The molecule has 0 radical (unpaired) electrons. The summed E-state index contributed by atoms with van der Waals surface area (Å²) in [4.78, 5) is 12.0. The molecular weight excluding hydrogens is 393 g/mol. The molecule has 1 N–H and O–H groups in total. The van der Waals surface area contributed by atoms with Crippen LogP contribution in [0.1, 0.15) is 5.56 Å². The zero-order valence-electron chi connectivity index (χ0n) is 13.6. The number of rotatable bonds is 4. The SMILES string of the molecule is O=C(/C=C/c1ccc2c(c1)OCO2)Nc1nnc(-c2cc(Cl)cc(Cl)c2)o1. The molecule has 27 heavy (non-hydrogen) atoms. The number of ether oxygens (including phenoxy) is 2. The van der Waals surface area contributed by atoms with E-state index in [0.29, 0.717) is 27.1 Å². The number of carbonyl (C=O) groups excluding carboxylic acids is 1. The van der Waals surface area contributed by atoms with Gasteiger partial charge < -0.3 is 13.9 Å². The molecule has 0 saturated heterocycles. The van der Waals surface area contributed by atoms with Crippen LogP contribution < -0.4 is 14.8 Å². The van der Waals surface area contributed by atoms with E-state index in [1.54, 1.807) is 36.4 Å². The van der Waals surface area contributed by atoms with E-state index in [1.807, 2.05) is 6.07 Å². The zero-order chi connectivity index (χ0) is 18.8. The third-order valence-electron chi connectivity index (χ3n) is 3.59. The molecule has 0 fully saturated rings. The first-order chi connectivity index (χ1) is 13.1. The van der Waals surface area contributed by atoms with Gasteiger partial charge in [-0.25, -0.2) is 0 Å². The Hall–Kier alpha value is -3.03. The summed E-state index contributed by atoms with van der Waals surface area (Å²) in [5.74, 6) is 1.08. The van der Waals surface area contributed by atoms with Crippen LogP contribution in [-0.4, -0.2) is 22.9 Å². The summed E-state index contributed by atoms with van der Waals surface area (Å²) in [6, 6.07) is 10.2. The highest BCUT2D eigenvalue weighted by molar-refractivity contribution is 6.35. The highest BCUT2D eigenvalue weighted by Crippen LogP contribution is 2.32. The average Bonchev–Trinajstić information content (AvgIpc) is 3.28. The zero-order valence-corrected chi connectivity index (χ0v) is 15.1. The van der Waals surface area contributed by atoms with Gasteiger partial charge in [-0.05, 0) is 42.0 Å². The number of benzene rings is 2. The van der Waals surface area contributed by atoms with E-state index in [9.17, 15) is 4.79 Å². The molecule has 136 valence electrons. The van der Waals surface area contributed by atoms with Gasteiger partial charge in [0.15, 0.2) is 11.5 Å².